The molecule has 2 amide bonds. The van der Waals surface area contributed by atoms with E-state index in [1.807, 2.05) is 49.3 Å². The third kappa shape index (κ3) is 4.94. The maximum Gasteiger partial charge on any atom is 0.322 e. The lowest BCUT2D eigenvalue weighted by Gasteiger charge is -2.29. The number of aromatic nitrogens is 1. The number of amides is 2. The molecule has 172 valence electrons. The predicted molar refractivity (Wildman–Crippen MR) is 129 cm³/mol. The number of rotatable bonds is 7. The molecule has 2 heterocycles. The second-order valence-electron chi connectivity index (χ2n) is 7.51. The number of carbonyl (C=O) groups excluding carboxylic acids is 1. The maximum absolute atomic E-state index is 13.5. The zero-order chi connectivity index (χ0) is 23.4. The third-order valence-corrected chi connectivity index (χ3v) is 5.77. The van der Waals surface area contributed by atoms with E-state index < -0.39 is 5.82 Å². The standard InChI is InChI=1S/C23H25ClFN7O/c1-3-32(23(33)29-16-8-9-21(25)20(24)12-16)15(2)19-13-26-22(18-7-5-4-6-17(18)19)27-14-31-11-10-28-30-31/h4-13,15,28,30H,3,14H2,1-2H3,(H,26,27)(H,29,33). The van der Waals surface area contributed by atoms with E-state index in [2.05, 4.69) is 26.6 Å². The molecule has 33 heavy (non-hydrogen) atoms. The largest absolute Gasteiger partial charge is 0.351 e. The summed E-state index contributed by atoms with van der Waals surface area (Å²) in [6.45, 7) is 4.85. The molecule has 10 heteroatoms. The van der Waals surface area contributed by atoms with Crippen LogP contribution in [0.5, 0.6) is 0 Å². The summed E-state index contributed by atoms with van der Waals surface area (Å²) in [5.74, 6) is 0.214. The summed E-state index contributed by atoms with van der Waals surface area (Å²) in [6.07, 6.45) is 5.46. The summed E-state index contributed by atoms with van der Waals surface area (Å²) in [4.78, 5) is 19.4. The second kappa shape index (κ2) is 9.93. The van der Waals surface area contributed by atoms with Gasteiger partial charge >= 0.3 is 6.03 Å². The van der Waals surface area contributed by atoms with Gasteiger partial charge in [0.05, 0.1) is 11.1 Å². The molecule has 4 N–H and O–H groups in total. The minimum Gasteiger partial charge on any atom is -0.351 e. The van der Waals surface area contributed by atoms with Crippen LogP contribution >= 0.6 is 11.6 Å². The topological polar surface area (TPSA) is 84.6 Å². The van der Waals surface area contributed by atoms with Gasteiger partial charge < -0.3 is 21.0 Å². The summed E-state index contributed by atoms with van der Waals surface area (Å²) < 4.78 is 13.5. The van der Waals surface area contributed by atoms with E-state index in [9.17, 15) is 9.18 Å². The molecular weight excluding hydrogens is 445 g/mol. The van der Waals surface area contributed by atoms with Crippen LogP contribution in [-0.4, -0.2) is 34.1 Å². The minimum atomic E-state index is -0.533. The monoisotopic (exact) mass is 469 g/mol. The van der Waals surface area contributed by atoms with Gasteiger partial charge in [0.25, 0.3) is 0 Å². The number of nitrogens with zero attached hydrogens (tertiary/aromatic N) is 3. The van der Waals surface area contributed by atoms with Crippen molar-refractivity contribution in [3.8, 4) is 0 Å². The van der Waals surface area contributed by atoms with Gasteiger partial charge in [0.1, 0.15) is 18.3 Å². The van der Waals surface area contributed by atoms with Crippen molar-refractivity contribution in [2.45, 2.75) is 19.9 Å². The van der Waals surface area contributed by atoms with Gasteiger partial charge in [-0.2, -0.15) is 0 Å². The molecule has 0 aliphatic carbocycles. The Hall–Kier alpha value is -3.56. The van der Waals surface area contributed by atoms with Gasteiger partial charge in [0.2, 0.25) is 0 Å². The van der Waals surface area contributed by atoms with Crippen LogP contribution in [0.4, 0.5) is 20.7 Å². The number of carbonyl (C=O) groups is 1. The Bertz CT molecular complexity index is 1190. The van der Waals surface area contributed by atoms with Crippen LogP contribution in [0.25, 0.3) is 10.8 Å². The number of hydrazine groups is 2. The maximum atomic E-state index is 13.5. The van der Waals surface area contributed by atoms with Crippen molar-refractivity contribution in [1.29, 1.82) is 0 Å². The van der Waals surface area contributed by atoms with Gasteiger partial charge in [-0.1, -0.05) is 35.9 Å². The van der Waals surface area contributed by atoms with E-state index in [-0.39, 0.29) is 17.1 Å². The van der Waals surface area contributed by atoms with Crippen molar-refractivity contribution >= 4 is 39.9 Å². The zero-order valence-corrected chi connectivity index (χ0v) is 19.0. The van der Waals surface area contributed by atoms with Gasteiger partial charge in [0.15, 0.2) is 0 Å². The fourth-order valence-electron chi connectivity index (χ4n) is 3.76. The highest BCUT2D eigenvalue weighted by atomic mass is 35.5. The number of urea groups is 1. The van der Waals surface area contributed by atoms with Gasteiger partial charge in [0, 0.05) is 41.8 Å². The van der Waals surface area contributed by atoms with Crippen LogP contribution in [0.2, 0.25) is 5.02 Å². The zero-order valence-electron chi connectivity index (χ0n) is 18.3. The number of fused-ring (bicyclic) bond motifs is 1. The van der Waals surface area contributed by atoms with E-state index in [4.69, 9.17) is 11.6 Å². The molecule has 1 aromatic heterocycles. The van der Waals surface area contributed by atoms with E-state index in [0.29, 0.717) is 18.9 Å². The fourth-order valence-corrected chi connectivity index (χ4v) is 3.94. The van der Waals surface area contributed by atoms with E-state index in [1.165, 1.54) is 18.2 Å². The SMILES string of the molecule is CCN(C(=O)Nc1ccc(F)c(Cl)c1)C(C)c1cnc(NCN2C=CNN2)c2ccccc12. The number of anilines is 2. The lowest BCUT2D eigenvalue weighted by atomic mass is 10.0. The quantitative estimate of drug-likeness (QED) is 0.397. The minimum absolute atomic E-state index is 0.0439. The first-order valence-electron chi connectivity index (χ1n) is 10.6. The Kier molecular flexibility index (Phi) is 6.81. The van der Waals surface area contributed by atoms with Gasteiger partial charge in [-0.3, -0.25) is 5.01 Å². The number of hydrogen-bond donors (Lipinski definition) is 4. The molecule has 1 unspecified atom stereocenters. The molecule has 0 radical (unpaired) electrons. The molecule has 0 saturated carbocycles. The van der Waals surface area contributed by atoms with Crippen LogP contribution in [0.3, 0.4) is 0 Å². The Labute approximate surface area is 196 Å². The molecule has 4 rings (SSSR count). The van der Waals surface area contributed by atoms with Crippen LogP contribution in [0.15, 0.2) is 61.1 Å². The van der Waals surface area contributed by atoms with Gasteiger partial charge in [-0.25, -0.2) is 14.2 Å². The Morgan fingerprint density at radius 1 is 1.27 bits per heavy atom. The first kappa shape index (κ1) is 22.6. The molecule has 0 fully saturated rings. The molecule has 0 saturated heterocycles. The van der Waals surface area contributed by atoms with Crippen molar-refractivity contribution in [2.24, 2.45) is 0 Å². The first-order valence-corrected chi connectivity index (χ1v) is 10.9. The molecule has 1 atom stereocenters. The van der Waals surface area contributed by atoms with Crippen LogP contribution in [0, 0.1) is 5.82 Å². The van der Waals surface area contributed by atoms with E-state index in [0.717, 1.165) is 22.2 Å². The van der Waals surface area contributed by atoms with Crippen LogP contribution in [0.1, 0.15) is 25.5 Å². The third-order valence-electron chi connectivity index (χ3n) is 5.48. The highest BCUT2D eigenvalue weighted by Crippen LogP contribution is 2.31. The lowest BCUT2D eigenvalue weighted by Crippen LogP contribution is -2.38. The molecule has 0 spiro atoms. The average molecular weight is 470 g/mol. The molecule has 2 aromatic carbocycles. The summed E-state index contributed by atoms with van der Waals surface area (Å²) in [5, 5.41) is 9.89. The smallest absolute Gasteiger partial charge is 0.322 e. The molecule has 8 nitrogen and oxygen atoms in total. The van der Waals surface area contributed by atoms with Crippen molar-refractivity contribution in [2.75, 3.05) is 23.8 Å². The van der Waals surface area contributed by atoms with Gasteiger partial charge in [-0.15, -0.1) is 5.53 Å². The number of pyridine rings is 1. The summed E-state index contributed by atoms with van der Waals surface area (Å²) in [6, 6.07) is 11.5. The van der Waals surface area contributed by atoms with Crippen molar-refractivity contribution < 1.29 is 9.18 Å². The molecule has 0 bridgehead atoms. The van der Waals surface area contributed by atoms with Crippen LogP contribution < -0.4 is 21.6 Å². The first-order chi connectivity index (χ1) is 16.0. The molecular formula is C23H25ClFN7O. The van der Waals surface area contributed by atoms with Crippen molar-refractivity contribution in [3.63, 3.8) is 0 Å². The Morgan fingerprint density at radius 3 is 2.76 bits per heavy atom. The normalized spacial score (nSPS) is 13.6. The summed E-state index contributed by atoms with van der Waals surface area (Å²) in [7, 11) is 0. The second-order valence-corrected chi connectivity index (χ2v) is 7.91. The van der Waals surface area contributed by atoms with Crippen molar-refractivity contribution in [1.82, 2.24) is 25.9 Å². The Balaban J connectivity index is 1.57. The molecule has 1 aliphatic heterocycles. The summed E-state index contributed by atoms with van der Waals surface area (Å²) >= 11 is 5.85. The molecule has 3 aromatic rings. The number of hydrogen-bond acceptors (Lipinski definition) is 6. The average Bonchev–Trinajstić information content (AvgIpc) is 3.34. The summed E-state index contributed by atoms with van der Waals surface area (Å²) in [5.41, 5.74) is 7.21. The van der Waals surface area contributed by atoms with Crippen molar-refractivity contribution in [3.05, 3.63) is 77.5 Å². The van der Waals surface area contributed by atoms with E-state index in [1.54, 1.807) is 17.3 Å². The predicted octanol–water partition coefficient (Wildman–Crippen LogP) is 4.81. The number of halogens is 2. The lowest BCUT2D eigenvalue weighted by molar-refractivity contribution is 0.197. The molecule has 1 aliphatic rings. The van der Waals surface area contributed by atoms with Crippen LogP contribution in [-0.2, 0) is 0 Å². The number of nitrogens with one attached hydrogen (secondary N) is 4. The highest BCUT2D eigenvalue weighted by molar-refractivity contribution is 6.31. The van der Waals surface area contributed by atoms with Gasteiger partial charge in [-0.05, 0) is 37.4 Å². The Morgan fingerprint density at radius 2 is 2.06 bits per heavy atom. The highest BCUT2D eigenvalue weighted by Gasteiger charge is 2.23. The number of benzene rings is 2. The van der Waals surface area contributed by atoms with E-state index >= 15 is 0 Å². The fraction of sp³-hybridized carbons (Fsp3) is 0.217.